The van der Waals surface area contributed by atoms with Gasteiger partial charge in [-0.3, -0.25) is 5.14 Å². The summed E-state index contributed by atoms with van der Waals surface area (Å²) in [7, 11) is -0.807. The molecule has 0 bridgehead atoms. The smallest absolute Gasteiger partial charge is 0.00309 e. The molecule has 64 valence electrons. The van der Waals surface area contributed by atoms with Crippen LogP contribution in [0.5, 0.6) is 0 Å². The van der Waals surface area contributed by atoms with Crippen molar-refractivity contribution in [3.63, 3.8) is 0 Å². The normalized spacial score (nSPS) is 41.5. The molecule has 0 aromatic carbocycles. The Bertz CT molecular complexity index is 214. The van der Waals surface area contributed by atoms with Gasteiger partial charge in [0.15, 0.2) is 0 Å². The second kappa shape index (κ2) is 3.03. The Kier molecular flexibility index (Phi) is 2.45. The Labute approximate surface area is 70.8 Å². The highest BCUT2D eigenvalue weighted by Crippen LogP contribution is 2.56. The van der Waals surface area contributed by atoms with Crippen LogP contribution in [0.3, 0.4) is 0 Å². The lowest BCUT2D eigenvalue weighted by Crippen LogP contribution is -2.25. The van der Waals surface area contributed by atoms with E-state index in [4.69, 9.17) is 5.14 Å². The van der Waals surface area contributed by atoms with Gasteiger partial charge in [0.1, 0.15) is 0 Å². The molecule has 1 unspecified atom stereocenters. The third-order valence-corrected chi connectivity index (χ3v) is 4.79. The van der Waals surface area contributed by atoms with Crippen LogP contribution in [0.2, 0.25) is 0 Å². The van der Waals surface area contributed by atoms with Crippen LogP contribution in [-0.4, -0.2) is 12.0 Å². The number of nitrogens with two attached hydrogens (primary N) is 1. The SMILES string of the molecule is C/C=C(C)\C=C1/CCS1(C)N. The molecular formula is C9H17NS. The van der Waals surface area contributed by atoms with E-state index in [1.165, 1.54) is 22.7 Å². The summed E-state index contributed by atoms with van der Waals surface area (Å²) in [6.45, 7) is 4.19. The van der Waals surface area contributed by atoms with Crippen LogP contribution < -0.4 is 5.14 Å². The quantitative estimate of drug-likeness (QED) is 0.644. The van der Waals surface area contributed by atoms with Gasteiger partial charge in [-0.15, -0.1) is 0 Å². The first-order valence-corrected chi connectivity index (χ1v) is 6.21. The van der Waals surface area contributed by atoms with Crippen molar-refractivity contribution in [3.05, 3.63) is 22.6 Å². The summed E-state index contributed by atoms with van der Waals surface area (Å²) in [4.78, 5) is 1.48. The van der Waals surface area contributed by atoms with Gasteiger partial charge in [-0.05, 0) is 37.2 Å². The first kappa shape index (κ1) is 8.88. The largest absolute Gasteiger partial charge is 0.291 e. The van der Waals surface area contributed by atoms with Crippen molar-refractivity contribution in [2.45, 2.75) is 20.3 Å². The summed E-state index contributed by atoms with van der Waals surface area (Å²) >= 11 is 0. The van der Waals surface area contributed by atoms with E-state index in [9.17, 15) is 0 Å². The average Bonchev–Trinajstić information content (AvgIpc) is 1.98. The minimum Gasteiger partial charge on any atom is -0.291 e. The molecule has 1 rings (SSSR count). The molecule has 0 saturated carbocycles. The number of hydrogen-bond donors (Lipinski definition) is 1. The topological polar surface area (TPSA) is 26.0 Å². The lowest BCUT2D eigenvalue weighted by atomic mass is 10.2. The highest BCUT2D eigenvalue weighted by Gasteiger charge is 2.27. The van der Waals surface area contributed by atoms with Crippen molar-refractivity contribution in [1.82, 2.24) is 0 Å². The predicted molar refractivity (Wildman–Crippen MR) is 54.7 cm³/mol. The van der Waals surface area contributed by atoms with E-state index in [0.29, 0.717) is 0 Å². The highest BCUT2D eigenvalue weighted by atomic mass is 32.3. The maximum Gasteiger partial charge on any atom is -0.00309 e. The van der Waals surface area contributed by atoms with Crippen LogP contribution in [0.15, 0.2) is 22.6 Å². The van der Waals surface area contributed by atoms with Crippen LogP contribution in [0.1, 0.15) is 20.3 Å². The highest BCUT2D eigenvalue weighted by molar-refractivity contribution is 8.35. The van der Waals surface area contributed by atoms with Crippen LogP contribution in [0, 0.1) is 0 Å². The number of hydrogen-bond acceptors (Lipinski definition) is 1. The molecule has 0 amide bonds. The van der Waals surface area contributed by atoms with E-state index >= 15 is 0 Å². The van der Waals surface area contributed by atoms with E-state index < -0.39 is 10.2 Å². The Morgan fingerprint density at radius 1 is 1.64 bits per heavy atom. The molecule has 0 spiro atoms. The van der Waals surface area contributed by atoms with Crippen LogP contribution >= 0.6 is 10.2 Å². The summed E-state index contributed by atoms with van der Waals surface area (Å²) in [6, 6.07) is 0. The van der Waals surface area contributed by atoms with Gasteiger partial charge in [0, 0.05) is 0 Å². The molecular weight excluding hydrogens is 154 g/mol. The molecule has 2 N–H and O–H groups in total. The Morgan fingerprint density at radius 3 is 2.55 bits per heavy atom. The van der Waals surface area contributed by atoms with Crippen molar-refractivity contribution in [3.8, 4) is 0 Å². The zero-order valence-electron chi connectivity index (χ0n) is 7.55. The third-order valence-electron chi connectivity index (χ3n) is 2.22. The monoisotopic (exact) mass is 171 g/mol. The van der Waals surface area contributed by atoms with Gasteiger partial charge in [0.25, 0.3) is 0 Å². The summed E-state index contributed by atoms with van der Waals surface area (Å²) < 4.78 is 0. The fourth-order valence-corrected chi connectivity index (χ4v) is 2.62. The van der Waals surface area contributed by atoms with Gasteiger partial charge in [-0.1, -0.05) is 17.7 Å². The molecule has 0 aromatic heterocycles. The number of rotatable bonds is 1. The molecule has 1 atom stereocenters. The van der Waals surface area contributed by atoms with Crippen molar-refractivity contribution >= 4 is 10.2 Å². The standard InChI is InChI=1S/C9H17NS/c1-4-8(2)7-9-5-6-11(9,3)10/h4,7H,5-6,10H2,1-3H3/b8-4-,9-7+. The lowest BCUT2D eigenvalue weighted by molar-refractivity contribution is 1.12. The molecule has 0 aliphatic carbocycles. The molecule has 1 aliphatic heterocycles. The van der Waals surface area contributed by atoms with Crippen molar-refractivity contribution in [2.24, 2.45) is 5.14 Å². The molecule has 1 aliphatic rings. The first-order valence-electron chi connectivity index (χ1n) is 3.93. The molecule has 1 fully saturated rings. The van der Waals surface area contributed by atoms with Gasteiger partial charge < -0.3 is 0 Å². The zero-order valence-corrected chi connectivity index (χ0v) is 8.37. The van der Waals surface area contributed by atoms with Crippen LogP contribution in [-0.2, 0) is 0 Å². The zero-order chi connectivity index (χ0) is 8.48. The van der Waals surface area contributed by atoms with Gasteiger partial charge in [0.05, 0.1) is 0 Å². The summed E-state index contributed by atoms with van der Waals surface area (Å²) in [6.07, 6.45) is 7.78. The summed E-state index contributed by atoms with van der Waals surface area (Å²) in [5, 5.41) is 6.06. The van der Waals surface area contributed by atoms with E-state index in [-0.39, 0.29) is 0 Å². The molecule has 1 saturated heterocycles. The molecule has 0 aromatic rings. The Morgan fingerprint density at radius 2 is 2.27 bits per heavy atom. The second-order valence-electron chi connectivity index (χ2n) is 3.25. The first-order chi connectivity index (χ1) is 5.06. The fraction of sp³-hybridized carbons (Fsp3) is 0.556. The third kappa shape index (κ3) is 1.88. The van der Waals surface area contributed by atoms with Crippen molar-refractivity contribution < 1.29 is 0 Å². The van der Waals surface area contributed by atoms with E-state index in [1.807, 2.05) is 0 Å². The van der Waals surface area contributed by atoms with Gasteiger partial charge in [0.2, 0.25) is 0 Å². The molecule has 2 heteroatoms. The van der Waals surface area contributed by atoms with Gasteiger partial charge >= 0.3 is 0 Å². The van der Waals surface area contributed by atoms with E-state index in [0.717, 1.165) is 0 Å². The molecule has 1 nitrogen and oxygen atoms in total. The average molecular weight is 171 g/mol. The second-order valence-corrected chi connectivity index (χ2v) is 6.50. The summed E-state index contributed by atoms with van der Waals surface area (Å²) in [5.74, 6) is 1.22. The lowest BCUT2D eigenvalue weighted by Gasteiger charge is -2.43. The van der Waals surface area contributed by atoms with Crippen LogP contribution in [0.25, 0.3) is 0 Å². The summed E-state index contributed by atoms with van der Waals surface area (Å²) in [5.41, 5.74) is 1.34. The van der Waals surface area contributed by atoms with Crippen LogP contribution in [0.4, 0.5) is 0 Å². The molecule has 1 heterocycles. The Hall–Kier alpha value is -0.210. The van der Waals surface area contributed by atoms with E-state index in [1.54, 1.807) is 0 Å². The van der Waals surface area contributed by atoms with Gasteiger partial charge in [-0.2, -0.15) is 10.2 Å². The van der Waals surface area contributed by atoms with Crippen molar-refractivity contribution in [1.29, 1.82) is 0 Å². The fourth-order valence-electron chi connectivity index (χ4n) is 1.09. The minimum absolute atomic E-state index is 0.807. The van der Waals surface area contributed by atoms with Gasteiger partial charge in [-0.25, -0.2) is 0 Å². The van der Waals surface area contributed by atoms with E-state index in [2.05, 4.69) is 32.3 Å². The maximum absolute atomic E-state index is 6.06. The molecule has 11 heavy (non-hydrogen) atoms. The number of allylic oxidation sites excluding steroid dienone is 4. The minimum atomic E-state index is -0.807. The Balaban J connectivity index is 2.69. The molecule has 0 radical (unpaired) electrons. The van der Waals surface area contributed by atoms with Crippen molar-refractivity contribution in [2.75, 3.05) is 12.0 Å². The predicted octanol–water partition coefficient (Wildman–Crippen LogP) is 2.55. The maximum atomic E-state index is 6.06.